The van der Waals surface area contributed by atoms with Crippen LogP contribution < -0.4 is 5.32 Å². The Morgan fingerprint density at radius 1 is 1.04 bits per heavy atom. The van der Waals surface area contributed by atoms with Crippen molar-refractivity contribution in [2.45, 2.75) is 36.6 Å². The van der Waals surface area contributed by atoms with Gasteiger partial charge in [0.25, 0.3) is 5.91 Å². The van der Waals surface area contributed by atoms with Crippen LogP contribution in [0.4, 0.5) is 0 Å². The Bertz CT molecular complexity index is 674. The van der Waals surface area contributed by atoms with Crippen molar-refractivity contribution in [2.75, 3.05) is 33.2 Å². The van der Waals surface area contributed by atoms with Crippen LogP contribution in [0.15, 0.2) is 29.2 Å². The second-order valence-corrected chi connectivity index (χ2v) is 8.62. The standard InChI is InChI=1S/C17H25N3O3S/c1-19-10-12-20(13-11-19)24(22,23)16-8-6-14(7-9-16)17(21)18-15-4-2-3-5-15/h6-9,15H,2-5,10-13H2,1H3,(H,18,21). The maximum atomic E-state index is 12.7. The van der Waals surface area contributed by atoms with Crippen LogP contribution in [0.3, 0.4) is 0 Å². The molecule has 1 heterocycles. The fourth-order valence-corrected chi connectivity index (χ4v) is 4.72. The summed E-state index contributed by atoms with van der Waals surface area (Å²) in [6, 6.07) is 6.54. The molecule has 1 amide bonds. The Labute approximate surface area is 143 Å². The Kier molecular flexibility index (Phi) is 5.22. The van der Waals surface area contributed by atoms with Crippen LogP contribution >= 0.6 is 0 Å². The van der Waals surface area contributed by atoms with Crippen LogP contribution in [0.2, 0.25) is 0 Å². The SMILES string of the molecule is CN1CCN(S(=O)(=O)c2ccc(C(=O)NC3CCCC3)cc2)CC1. The van der Waals surface area contributed by atoms with E-state index in [1.165, 1.54) is 16.4 Å². The highest BCUT2D eigenvalue weighted by molar-refractivity contribution is 7.89. The zero-order chi connectivity index (χ0) is 17.2. The number of carbonyl (C=O) groups excluding carboxylic acids is 1. The number of carbonyl (C=O) groups is 1. The molecule has 0 spiro atoms. The van der Waals surface area contributed by atoms with Crippen molar-refractivity contribution in [2.24, 2.45) is 0 Å². The third-order valence-electron chi connectivity index (χ3n) is 4.91. The smallest absolute Gasteiger partial charge is 0.251 e. The molecule has 3 rings (SSSR count). The van der Waals surface area contributed by atoms with Gasteiger partial charge in [-0.15, -0.1) is 0 Å². The summed E-state index contributed by atoms with van der Waals surface area (Å²) in [6.45, 7) is 2.48. The highest BCUT2D eigenvalue weighted by Crippen LogP contribution is 2.20. The van der Waals surface area contributed by atoms with Gasteiger partial charge in [-0.1, -0.05) is 12.8 Å². The molecule has 1 N–H and O–H groups in total. The molecule has 0 radical (unpaired) electrons. The van der Waals surface area contributed by atoms with Crippen LogP contribution in [0.25, 0.3) is 0 Å². The van der Waals surface area contributed by atoms with E-state index in [4.69, 9.17) is 0 Å². The Balaban J connectivity index is 1.68. The quantitative estimate of drug-likeness (QED) is 0.888. The van der Waals surface area contributed by atoms with Gasteiger partial charge in [0.2, 0.25) is 10.0 Å². The van der Waals surface area contributed by atoms with E-state index in [1.807, 2.05) is 7.05 Å². The van der Waals surface area contributed by atoms with Crippen LogP contribution in [-0.4, -0.2) is 62.8 Å². The highest BCUT2D eigenvalue weighted by atomic mass is 32.2. The molecular formula is C17H25N3O3S. The van der Waals surface area contributed by atoms with Gasteiger partial charge in [-0.2, -0.15) is 4.31 Å². The van der Waals surface area contributed by atoms with E-state index >= 15 is 0 Å². The summed E-state index contributed by atoms with van der Waals surface area (Å²) in [5.74, 6) is -0.120. The van der Waals surface area contributed by atoms with Gasteiger partial charge in [-0.3, -0.25) is 4.79 Å². The van der Waals surface area contributed by atoms with E-state index in [1.54, 1.807) is 12.1 Å². The van der Waals surface area contributed by atoms with E-state index in [9.17, 15) is 13.2 Å². The lowest BCUT2D eigenvalue weighted by Crippen LogP contribution is -2.47. The Morgan fingerprint density at radius 2 is 1.62 bits per heavy atom. The molecule has 7 heteroatoms. The van der Waals surface area contributed by atoms with Crippen molar-refractivity contribution in [1.29, 1.82) is 0 Å². The fraction of sp³-hybridized carbons (Fsp3) is 0.588. The number of rotatable bonds is 4. The molecule has 2 aliphatic rings. The van der Waals surface area contributed by atoms with E-state index in [0.717, 1.165) is 38.8 Å². The minimum atomic E-state index is -3.48. The minimum absolute atomic E-state index is 0.120. The number of amides is 1. The van der Waals surface area contributed by atoms with Crippen molar-refractivity contribution in [3.63, 3.8) is 0 Å². The fourth-order valence-electron chi connectivity index (χ4n) is 3.29. The van der Waals surface area contributed by atoms with Gasteiger partial charge in [-0.05, 0) is 44.2 Å². The van der Waals surface area contributed by atoms with Crippen LogP contribution in [0, 0.1) is 0 Å². The molecule has 1 saturated heterocycles. The lowest BCUT2D eigenvalue weighted by atomic mass is 10.2. The highest BCUT2D eigenvalue weighted by Gasteiger charge is 2.27. The minimum Gasteiger partial charge on any atom is -0.349 e. The number of nitrogens with zero attached hydrogens (tertiary/aromatic N) is 2. The van der Waals surface area contributed by atoms with Gasteiger partial charge in [0, 0.05) is 37.8 Å². The first-order valence-electron chi connectivity index (χ1n) is 8.56. The summed E-state index contributed by atoms with van der Waals surface area (Å²) >= 11 is 0. The number of sulfonamides is 1. The maximum Gasteiger partial charge on any atom is 0.251 e. The summed E-state index contributed by atoms with van der Waals surface area (Å²) in [4.78, 5) is 14.6. The summed E-state index contributed by atoms with van der Waals surface area (Å²) in [7, 11) is -1.49. The normalized spacial score (nSPS) is 21.0. The van der Waals surface area contributed by atoms with Gasteiger partial charge in [0.1, 0.15) is 0 Å². The molecule has 1 aliphatic carbocycles. The molecule has 1 aromatic carbocycles. The molecule has 0 atom stereocenters. The first kappa shape index (κ1) is 17.4. The van der Waals surface area contributed by atoms with Gasteiger partial charge in [-0.25, -0.2) is 8.42 Å². The van der Waals surface area contributed by atoms with Crippen LogP contribution in [-0.2, 0) is 10.0 Å². The molecule has 1 aliphatic heterocycles. The predicted octanol–water partition coefficient (Wildman–Crippen LogP) is 1.30. The number of likely N-dealkylation sites (N-methyl/N-ethyl adjacent to an activating group) is 1. The van der Waals surface area contributed by atoms with E-state index < -0.39 is 10.0 Å². The lowest BCUT2D eigenvalue weighted by Gasteiger charge is -2.31. The van der Waals surface area contributed by atoms with Gasteiger partial charge < -0.3 is 10.2 Å². The zero-order valence-electron chi connectivity index (χ0n) is 14.1. The van der Waals surface area contributed by atoms with Gasteiger partial charge in [0.05, 0.1) is 4.90 Å². The van der Waals surface area contributed by atoms with Crippen molar-refractivity contribution in [3.8, 4) is 0 Å². The van der Waals surface area contributed by atoms with E-state index in [0.29, 0.717) is 18.7 Å². The van der Waals surface area contributed by atoms with Crippen molar-refractivity contribution in [3.05, 3.63) is 29.8 Å². The first-order chi connectivity index (χ1) is 11.5. The number of hydrogen-bond acceptors (Lipinski definition) is 4. The molecule has 1 saturated carbocycles. The van der Waals surface area contributed by atoms with Gasteiger partial charge >= 0.3 is 0 Å². The average molecular weight is 351 g/mol. The second kappa shape index (κ2) is 7.21. The lowest BCUT2D eigenvalue weighted by molar-refractivity contribution is 0.0937. The first-order valence-corrected chi connectivity index (χ1v) is 10.0. The molecule has 0 unspecified atom stereocenters. The average Bonchev–Trinajstić information content (AvgIpc) is 3.08. The number of piperazine rings is 1. The number of hydrogen-bond donors (Lipinski definition) is 1. The second-order valence-electron chi connectivity index (χ2n) is 6.69. The molecule has 2 fully saturated rings. The van der Waals surface area contributed by atoms with Crippen LogP contribution in [0.5, 0.6) is 0 Å². The molecule has 0 aromatic heterocycles. The van der Waals surface area contributed by atoms with E-state index in [2.05, 4.69) is 10.2 Å². The van der Waals surface area contributed by atoms with Crippen molar-refractivity contribution < 1.29 is 13.2 Å². The molecular weight excluding hydrogens is 326 g/mol. The van der Waals surface area contributed by atoms with Crippen LogP contribution in [0.1, 0.15) is 36.0 Å². The Hall–Kier alpha value is -1.44. The molecule has 132 valence electrons. The zero-order valence-corrected chi connectivity index (χ0v) is 14.9. The maximum absolute atomic E-state index is 12.7. The topological polar surface area (TPSA) is 69.7 Å². The summed E-state index contributed by atoms with van der Waals surface area (Å²) in [5.41, 5.74) is 0.513. The third kappa shape index (κ3) is 3.79. The third-order valence-corrected chi connectivity index (χ3v) is 6.82. The van der Waals surface area contributed by atoms with Crippen molar-refractivity contribution >= 4 is 15.9 Å². The Morgan fingerprint density at radius 3 is 2.21 bits per heavy atom. The summed E-state index contributed by atoms with van der Waals surface area (Å²) in [6.07, 6.45) is 4.38. The number of benzene rings is 1. The van der Waals surface area contributed by atoms with E-state index in [-0.39, 0.29) is 16.8 Å². The molecule has 1 aromatic rings. The number of nitrogens with one attached hydrogen (secondary N) is 1. The summed E-state index contributed by atoms with van der Waals surface area (Å²) < 4.78 is 26.8. The van der Waals surface area contributed by atoms with Gasteiger partial charge in [0.15, 0.2) is 0 Å². The largest absolute Gasteiger partial charge is 0.349 e. The monoisotopic (exact) mass is 351 g/mol. The molecule has 6 nitrogen and oxygen atoms in total. The predicted molar refractivity (Wildman–Crippen MR) is 92.4 cm³/mol. The summed E-state index contributed by atoms with van der Waals surface area (Å²) in [5, 5.41) is 3.02. The molecule has 24 heavy (non-hydrogen) atoms. The molecule has 0 bridgehead atoms. The van der Waals surface area contributed by atoms with Crippen molar-refractivity contribution in [1.82, 2.24) is 14.5 Å².